The van der Waals surface area contributed by atoms with E-state index in [-0.39, 0.29) is 12.4 Å². The van der Waals surface area contributed by atoms with Crippen LogP contribution in [0.4, 0.5) is 0 Å². The number of ether oxygens (including phenoxy) is 2. The van der Waals surface area contributed by atoms with Crippen molar-refractivity contribution in [3.8, 4) is 5.75 Å². The number of benzene rings is 1. The van der Waals surface area contributed by atoms with Gasteiger partial charge in [0.2, 0.25) is 0 Å². The molecule has 34 heavy (non-hydrogen) atoms. The maximum absolute atomic E-state index is 13.4. The maximum Gasteiger partial charge on any atom is 0.459 e. The Labute approximate surface area is 193 Å². The van der Waals surface area contributed by atoms with Gasteiger partial charge in [-0.3, -0.25) is 19.1 Å². The van der Waals surface area contributed by atoms with Gasteiger partial charge in [0, 0.05) is 0 Å². The molecule has 2 aromatic rings. The number of aromatic nitrogens is 3. The third kappa shape index (κ3) is 6.17. The van der Waals surface area contributed by atoms with Gasteiger partial charge in [0.05, 0.1) is 13.2 Å². The topological polar surface area (TPSA) is 191 Å². The molecule has 0 saturated carbocycles. The normalized spacial score (nSPS) is 24.8. The van der Waals surface area contributed by atoms with Gasteiger partial charge in [0.1, 0.15) is 36.3 Å². The van der Waals surface area contributed by atoms with E-state index >= 15 is 0 Å². The highest BCUT2D eigenvalue weighted by molar-refractivity contribution is 7.52. The fourth-order valence-electron chi connectivity index (χ4n) is 3.05. The first-order chi connectivity index (χ1) is 16.1. The number of nitrogens with zero attached hydrogens (tertiary/aromatic N) is 2. The van der Waals surface area contributed by atoms with Crippen LogP contribution in [0.2, 0.25) is 0 Å². The minimum atomic E-state index is -4.24. The Morgan fingerprint density at radius 1 is 1.29 bits per heavy atom. The Morgan fingerprint density at radius 3 is 2.65 bits per heavy atom. The predicted molar refractivity (Wildman–Crippen MR) is 115 cm³/mol. The van der Waals surface area contributed by atoms with E-state index in [1.54, 1.807) is 25.1 Å². The second-order valence-corrected chi connectivity index (χ2v) is 8.92. The molecule has 1 saturated heterocycles. The quantitative estimate of drug-likeness (QED) is 0.237. The van der Waals surface area contributed by atoms with Crippen LogP contribution in [0, 0.1) is 0 Å². The zero-order chi connectivity index (χ0) is 24.9. The van der Waals surface area contributed by atoms with Crippen molar-refractivity contribution in [3.63, 3.8) is 0 Å². The number of aromatic amines is 1. The van der Waals surface area contributed by atoms with Crippen LogP contribution in [-0.4, -0.2) is 68.5 Å². The SMILES string of the molecule is CCOC(=O)[C@H](C)NP(=O)(OC[C@H]1O[C@@H](n2ncc(=O)[nH]c2=O)[C@H](O)[C@@H]1O)Oc1ccccc1. The second kappa shape index (κ2) is 11.0. The lowest BCUT2D eigenvalue weighted by Crippen LogP contribution is -2.39. The van der Waals surface area contributed by atoms with Crippen molar-refractivity contribution in [1.82, 2.24) is 19.9 Å². The van der Waals surface area contributed by atoms with E-state index in [2.05, 4.69) is 10.2 Å². The molecular weight excluding hydrogens is 475 g/mol. The summed E-state index contributed by atoms with van der Waals surface area (Å²) in [6, 6.07) is 6.93. The molecule has 3 rings (SSSR count). The lowest BCUT2D eigenvalue weighted by molar-refractivity contribution is -0.144. The number of aliphatic hydroxyl groups excluding tert-OH is 2. The second-order valence-electron chi connectivity index (χ2n) is 7.23. The average Bonchev–Trinajstić information content (AvgIpc) is 3.07. The third-order valence-corrected chi connectivity index (χ3v) is 6.33. The molecule has 1 aromatic heterocycles. The van der Waals surface area contributed by atoms with E-state index in [1.807, 2.05) is 4.98 Å². The van der Waals surface area contributed by atoms with Crippen LogP contribution in [0.1, 0.15) is 20.1 Å². The molecule has 1 fully saturated rings. The monoisotopic (exact) mass is 500 g/mol. The Hall–Kier alpha value is -2.87. The van der Waals surface area contributed by atoms with Gasteiger partial charge in [-0.25, -0.2) is 9.36 Å². The summed E-state index contributed by atoms with van der Waals surface area (Å²) in [5.74, 6) is -0.525. The molecular formula is C19H25N4O10P. The van der Waals surface area contributed by atoms with Gasteiger partial charge in [-0.1, -0.05) is 18.2 Å². The van der Waals surface area contributed by atoms with Crippen molar-refractivity contribution in [2.75, 3.05) is 13.2 Å². The van der Waals surface area contributed by atoms with Crippen molar-refractivity contribution >= 4 is 13.7 Å². The number of rotatable bonds is 10. The minimum absolute atomic E-state index is 0.106. The van der Waals surface area contributed by atoms with E-state index in [1.165, 1.54) is 19.1 Å². The van der Waals surface area contributed by atoms with E-state index in [4.69, 9.17) is 18.5 Å². The zero-order valence-corrected chi connectivity index (χ0v) is 19.2. The molecule has 186 valence electrons. The van der Waals surface area contributed by atoms with Gasteiger partial charge >= 0.3 is 19.4 Å². The Bertz CT molecular complexity index is 1140. The first kappa shape index (κ1) is 25.7. The summed E-state index contributed by atoms with van der Waals surface area (Å²) in [5, 5.41) is 26.7. The van der Waals surface area contributed by atoms with Crippen LogP contribution in [0.25, 0.3) is 0 Å². The summed E-state index contributed by atoms with van der Waals surface area (Å²) in [5.41, 5.74) is -1.72. The number of nitrogens with one attached hydrogen (secondary N) is 2. The molecule has 6 atom stereocenters. The van der Waals surface area contributed by atoms with Crippen LogP contribution in [-0.2, 0) is 23.4 Å². The van der Waals surface area contributed by atoms with E-state index in [0.29, 0.717) is 4.68 Å². The third-order valence-electron chi connectivity index (χ3n) is 4.69. The molecule has 4 N–H and O–H groups in total. The number of para-hydroxylation sites is 1. The van der Waals surface area contributed by atoms with E-state index < -0.39 is 62.2 Å². The predicted octanol–water partition coefficient (Wildman–Crippen LogP) is -0.704. The van der Waals surface area contributed by atoms with Crippen molar-refractivity contribution in [2.24, 2.45) is 0 Å². The van der Waals surface area contributed by atoms with Crippen LogP contribution in [0.5, 0.6) is 5.75 Å². The molecule has 0 amide bonds. The van der Waals surface area contributed by atoms with Crippen LogP contribution < -0.4 is 20.9 Å². The molecule has 0 bridgehead atoms. The molecule has 2 heterocycles. The van der Waals surface area contributed by atoms with E-state index in [0.717, 1.165) is 6.20 Å². The largest absolute Gasteiger partial charge is 0.465 e. The lowest BCUT2D eigenvalue weighted by atomic mass is 10.1. The average molecular weight is 500 g/mol. The fourth-order valence-corrected chi connectivity index (χ4v) is 4.55. The van der Waals surface area contributed by atoms with Crippen LogP contribution in [0.3, 0.4) is 0 Å². The Kier molecular flexibility index (Phi) is 8.36. The van der Waals surface area contributed by atoms with Gasteiger partial charge in [-0.05, 0) is 26.0 Å². The molecule has 1 aliphatic rings. The number of esters is 1. The molecule has 1 aliphatic heterocycles. The zero-order valence-electron chi connectivity index (χ0n) is 18.3. The molecule has 1 unspecified atom stereocenters. The summed E-state index contributed by atoms with van der Waals surface area (Å²) in [4.78, 5) is 37.2. The summed E-state index contributed by atoms with van der Waals surface area (Å²) < 4.78 is 35.3. The van der Waals surface area contributed by atoms with Gasteiger partial charge in [0.15, 0.2) is 6.23 Å². The summed E-state index contributed by atoms with van der Waals surface area (Å²) in [6.07, 6.45) is -5.11. The first-order valence-corrected chi connectivity index (χ1v) is 11.8. The number of aliphatic hydroxyl groups is 2. The van der Waals surface area contributed by atoms with Crippen LogP contribution >= 0.6 is 7.75 Å². The summed E-state index contributed by atoms with van der Waals surface area (Å²) >= 11 is 0. The highest BCUT2D eigenvalue weighted by Crippen LogP contribution is 2.45. The number of carbonyl (C=O) groups is 1. The van der Waals surface area contributed by atoms with Crippen molar-refractivity contribution in [3.05, 3.63) is 57.4 Å². The van der Waals surface area contributed by atoms with Crippen LogP contribution in [0.15, 0.2) is 46.1 Å². The number of hydrogen-bond donors (Lipinski definition) is 4. The highest BCUT2D eigenvalue weighted by Gasteiger charge is 2.46. The number of H-pyrrole nitrogens is 1. The molecule has 0 aliphatic carbocycles. The van der Waals surface area contributed by atoms with E-state index in [9.17, 15) is 29.2 Å². The van der Waals surface area contributed by atoms with Gasteiger partial charge < -0.3 is 24.2 Å². The molecule has 1 aromatic carbocycles. The van der Waals surface area contributed by atoms with Gasteiger partial charge in [-0.2, -0.15) is 14.9 Å². The van der Waals surface area contributed by atoms with Gasteiger partial charge in [-0.15, -0.1) is 0 Å². The molecule has 14 nitrogen and oxygen atoms in total. The fraction of sp³-hybridized carbons (Fsp3) is 0.474. The number of carbonyl (C=O) groups excluding carboxylic acids is 1. The van der Waals surface area contributed by atoms with Crippen molar-refractivity contribution in [2.45, 2.75) is 44.4 Å². The summed E-state index contributed by atoms with van der Waals surface area (Å²) in [6.45, 7) is 2.55. The smallest absolute Gasteiger partial charge is 0.459 e. The minimum Gasteiger partial charge on any atom is -0.465 e. The summed E-state index contributed by atoms with van der Waals surface area (Å²) in [7, 11) is -4.24. The molecule has 0 spiro atoms. The number of hydrogen-bond acceptors (Lipinski definition) is 11. The molecule has 15 heteroatoms. The Balaban J connectivity index is 1.75. The lowest BCUT2D eigenvalue weighted by Gasteiger charge is -2.24. The first-order valence-electron chi connectivity index (χ1n) is 10.3. The Morgan fingerprint density at radius 2 is 2.00 bits per heavy atom. The highest BCUT2D eigenvalue weighted by atomic mass is 31.2. The van der Waals surface area contributed by atoms with Gasteiger partial charge in [0.25, 0.3) is 5.56 Å². The maximum atomic E-state index is 13.4. The van der Waals surface area contributed by atoms with Crippen molar-refractivity contribution < 1.29 is 38.1 Å². The standard InChI is InChI=1S/C19H25N4O10P/c1-3-30-18(27)11(2)22-34(29,33-12-7-5-4-6-8-12)31-10-13-15(25)16(26)17(32-13)23-19(28)21-14(24)9-20-23/h4-9,11,13,15-17,25-26H,3,10H2,1-2H3,(H,22,29)(H,21,24,28)/t11-,13+,15+,16+,17+,34?/m0/s1. The van der Waals surface area contributed by atoms with Crippen molar-refractivity contribution in [1.29, 1.82) is 0 Å². The molecule has 0 radical (unpaired) electrons.